The largest absolute Gasteiger partial charge is 1.00 e. The fourth-order valence-electron chi connectivity index (χ4n) is 2.77. The summed E-state index contributed by atoms with van der Waals surface area (Å²) in [5.74, 6) is 0.380. The van der Waals surface area contributed by atoms with E-state index < -0.39 is 17.9 Å². The van der Waals surface area contributed by atoms with Crippen LogP contribution in [0.25, 0.3) is 0 Å². The fraction of sp³-hybridized carbons (Fsp3) is 0.389. The molecule has 0 saturated carbocycles. The maximum Gasteiger partial charge on any atom is 0.248 e. The van der Waals surface area contributed by atoms with E-state index in [4.69, 9.17) is 5.73 Å². The molecular weight excluding hydrogens is 393 g/mol. The van der Waals surface area contributed by atoms with Gasteiger partial charge in [-0.3, -0.25) is 4.79 Å². The van der Waals surface area contributed by atoms with Crippen LogP contribution >= 0.6 is 0 Å². The standard InChI is InChI=1S/C9H13.C7H7NO.2CH3.2ClH.H4Si.Ti/c1-6-5-7(2)9(4)8(6)3;8-7(9)6-4-2-1-3-5-6;;;;;;/h6H,1-4H3;1-5H,(H2,8,9);2*1H3;2*1H;1H4;/q;;;;;;;+2/p-2. The van der Waals surface area contributed by atoms with E-state index in [0.29, 0.717) is 5.56 Å². The van der Waals surface area contributed by atoms with Gasteiger partial charge in [0.25, 0.3) is 0 Å². The number of amides is 1. The smallest absolute Gasteiger partial charge is 0.248 e. The first-order valence-electron chi connectivity index (χ1n) is 7.31. The molecule has 1 aromatic carbocycles. The van der Waals surface area contributed by atoms with Gasteiger partial charge in [-0.05, 0) is 23.1 Å². The Balaban J connectivity index is -0.000000336. The predicted molar refractivity (Wildman–Crippen MR) is 98.3 cm³/mol. The van der Waals surface area contributed by atoms with Crippen LogP contribution in [-0.2, 0) is 17.9 Å². The molecule has 0 aliphatic heterocycles. The first kappa shape index (κ1) is 28.5. The molecular formula is C18H30Cl2NOSiTi. The number of carbonyl (C=O) groups excluding carboxylic acids is 1. The molecule has 2 rings (SSSR count). The monoisotopic (exact) mass is 422 g/mol. The van der Waals surface area contributed by atoms with E-state index in [1.54, 1.807) is 41.0 Å². The Morgan fingerprint density at radius 1 is 1.00 bits per heavy atom. The maximum atomic E-state index is 10.4. The Morgan fingerprint density at radius 3 is 1.67 bits per heavy atom. The molecule has 1 aliphatic carbocycles. The summed E-state index contributed by atoms with van der Waals surface area (Å²) in [6, 6.07) is 8.76. The summed E-state index contributed by atoms with van der Waals surface area (Å²) >= 11 is -0.834. The third kappa shape index (κ3) is 7.28. The van der Waals surface area contributed by atoms with Gasteiger partial charge in [-0.2, -0.15) is 0 Å². The van der Waals surface area contributed by atoms with Gasteiger partial charge in [0.2, 0.25) is 5.91 Å². The van der Waals surface area contributed by atoms with Gasteiger partial charge in [-0.15, -0.1) is 0 Å². The molecule has 135 valence electrons. The second-order valence-electron chi connectivity index (χ2n) is 5.80. The van der Waals surface area contributed by atoms with Crippen LogP contribution in [0.4, 0.5) is 0 Å². The van der Waals surface area contributed by atoms with Crippen LogP contribution in [0.15, 0.2) is 50.9 Å². The van der Waals surface area contributed by atoms with Gasteiger partial charge >= 0.3 is 82.5 Å². The van der Waals surface area contributed by atoms with Crippen LogP contribution in [0, 0.1) is 5.92 Å². The molecule has 24 heavy (non-hydrogen) atoms. The predicted octanol–water partition coefficient (Wildman–Crippen LogP) is -2.70. The Labute approximate surface area is 170 Å². The minimum Gasteiger partial charge on any atom is -1.00 e. The number of nitrogens with two attached hydrogens (primary N) is 1. The summed E-state index contributed by atoms with van der Waals surface area (Å²) < 4.78 is 1.81. The molecule has 0 heterocycles. The number of halogens is 2. The van der Waals surface area contributed by atoms with Gasteiger partial charge in [-0.1, -0.05) is 18.2 Å². The van der Waals surface area contributed by atoms with Gasteiger partial charge in [0, 0.05) is 5.56 Å². The summed E-state index contributed by atoms with van der Waals surface area (Å²) in [7, 11) is 0. The zero-order valence-corrected chi connectivity index (χ0v) is 17.8. The first-order chi connectivity index (χ1) is 9.77. The Hall–Kier alpha value is -0.319. The van der Waals surface area contributed by atoms with Crippen molar-refractivity contribution in [3.63, 3.8) is 0 Å². The van der Waals surface area contributed by atoms with E-state index in [9.17, 15) is 4.79 Å². The molecule has 1 unspecified atom stereocenters. The maximum absolute atomic E-state index is 10.4. The average molecular weight is 423 g/mol. The molecule has 0 radical (unpaired) electrons. The van der Waals surface area contributed by atoms with Crippen LogP contribution in [0.3, 0.4) is 0 Å². The van der Waals surface area contributed by atoms with Crippen molar-refractivity contribution in [2.45, 2.75) is 38.2 Å². The zero-order valence-electron chi connectivity index (χ0n) is 14.7. The van der Waals surface area contributed by atoms with Gasteiger partial charge < -0.3 is 30.5 Å². The third-order valence-electron chi connectivity index (χ3n) is 4.24. The number of hydrogen-bond acceptors (Lipinski definition) is 1. The molecule has 2 nitrogen and oxygen atoms in total. The van der Waals surface area contributed by atoms with E-state index in [2.05, 4.69) is 38.2 Å². The molecule has 1 atom stereocenters. The van der Waals surface area contributed by atoms with Crippen molar-refractivity contribution in [2.75, 3.05) is 0 Å². The normalized spacial score (nSPS) is 15.3. The van der Waals surface area contributed by atoms with Crippen molar-refractivity contribution in [1.29, 1.82) is 0 Å². The third-order valence-corrected chi connectivity index (χ3v) is 7.18. The average Bonchev–Trinajstić information content (AvgIpc) is 2.64. The molecule has 6 heteroatoms. The minimum absolute atomic E-state index is 0. The van der Waals surface area contributed by atoms with Gasteiger partial charge in [-0.25, -0.2) is 0 Å². The number of rotatable bonds is 2. The number of allylic oxidation sites excluding steroid dienone is 4. The topological polar surface area (TPSA) is 43.1 Å². The quantitative estimate of drug-likeness (QED) is 0.518. The van der Waals surface area contributed by atoms with Gasteiger partial charge in [0.15, 0.2) is 0 Å². The summed E-state index contributed by atoms with van der Waals surface area (Å²) in [6.07, 6.45) is 0. The second-order valence-corrected chi connectivity index (χ2v) is 9.76. The van der Waals surface area contributed by atoms with Crippen LogP contribution in [-0.4, -0.2) is 16.9 Å². The molecule has 0 aromatic heterocycles. The van der Waals surface area contributed by atoms with E-state index in [-0.39, 0.29) is 41.7 Å². The minimum atomic E-state index is -0.834. The zero-order chi connectivity index (χ0) is 16.2. The molecule has 0 saturated heterocycles. The summed E-state index contributed by atoms with van der Waals surface area (Å²) in [5.41, 5.74) is 10.3. The second kappa shape index (κ2) is 13.0. The Morgan fingerprint density at radius 2 is 1.46 bits per heavy atom. The molecule has 0 spiro atoms. The first-order valence-corrected chi connectivity index (χ1v) is 11.2. The van der Waals surface area contributed by atoms with E-state index in [1.165, 1.54) is 0 Å². The SMILES string of the molecule is CC1=C(C)C(C)[C]([Ti+2]([CH3])[CH3])=C1C.NC(=O)c1ccccc1.[Cl-].[Cl-].[SiH4]. The van der Waals surface area contributed by atoms with Crippen LogP contribution in [0.2, 0.25) is 10.5 Å². The fourth-order valence-corrected chi connectivity index (χ4v) is 5.93. The van der Waals surface area contributed by atoms with E-state index in [0.717, 1.165) is 5.92 Å². The van der Waals surface area contributed by atoms with Crippen molar-refractivity contribution < 1.29 is 47.5 Å². The Kier molecular flexibility index (Phi) is 15.4. The van der Waals surface area contributed by atoms with Crippen molar-refractivity contribution >= 4 is 16.9 Å². The van der Waals surface area contributed by atoms with Crippen LogP contribution < -0.4 is 30.5 Å². The molecule has 1 aromatic rings. The van der Waals surface area contributed by atoms with Gasteiger partial charge in [0.1, 0.15) is 0 Å². The molecule has 0 bridgehead atoms. The molecule has 0 fully saturated rings. The van der Waals surface area contributed by atoms with E-state index >= 15 is 0 Å². The summed E-state index contributed by atoms with van der Waals surface area (Å²) in [5, 5.41) is 4.92. The molecule has 1 aliphatic rings. The van der Waals surface area contributed by atoms with Crippen molar-refractivity contribution in [3.8, 4) is 0 Å². The number of primary amides is 1. The van der Waals surface area contributed by atoms with Gasteiger partial charge in [0.05, 0.1) is 0 Å². The summed E-state index contributed by atoms with van der Waals surface area (Å²) in [4.78, 5) is 10.4. The number of benzene rings is 1. The Bertz CT molecular complexity index is 586. The van der Waals surface area contributed by atoms with Crippen molar-refractivity contribution in [1.82, 2.24) is 0 Å². The molecule has 1 amide bonds. The number of carbonyl (C=O) groups is 1. The van der Waals surface area contributed by atoms with Crippen LogP contribution in [0.5, 0.6) is 0 Å². The summed E-state index contributed by atoms with van der Waals surface area (Å²) in [6.45, 7) is 9.23. The molecule has 2 N–H and O–H groups in total. The van der Waals surface area contributed by atoms with E-state index in [1.807, 2.05) is 9.94 Å². The van der Waals surface area contributed by atoms with Crippen molar-refractivity contribution in [2.24, 2.45) is 11.7 Å². The van der Waals surface area contributed by atoms with Crippen LogP contribution in [0.1, 0.15) is 38.1 Å². The number of hydrogen-bond donors (Lipinski definition) is 1. The van der Waals surface area contributed by atoms with Crippen molar-refractivity contribution in [3.05, 3.63) is 56.5 Å².